The molecule has 2 rings (SSSR count). The van der Waals surface area contributed by atoms with Crippen molar-refractivity contribution in [3.63, 3.8) is 0 Å². The Morgan fingerprint density at radius 2 is 2.10 bits per heavy atom. The fourth-order valence-electron chi connectivity index (χ4n) is 2.52. The van der Waals surface area contributed by atoms with E-state index in [4.69, 9.17) is 5.11 Å². The summed E-state index contributed by atoms with van der Waals surface area (Å²) in [7, 11) is 0. The molecule has 1 unspecified atom stereocenters. The van der Waals surface area contributed by atoms with Gasteiger partial charge < -0.3 is 20.6 Å². The predicted octanol–water partition coefficient (Wildman–Crippen LogP) is 1.21. The quantitative estimate of drug-likeness (QED) is 0.736. The van der Waals surface area contributed by atoms with Crippen LogP contribution < -0.4 is 15.5 Å². The Kier molecular flexibility index (Phi) is 5.03. The lowest BCUT2D eigenvalue weighted by Crippen LogP contribution is -2.45. The molecule has 0 radical (unpaired) electrons. The van der Waals surface area contributed by atoms with Crippen molar-refractivity contribution >= 4 is 17.7 Å². The van der Waals surface area contributed by atoms with Gasteiger partial charge in [0.25, 0.3) is 0 Å². The van der Waals surface area contributed by atoms with Crippen molar-refractivity contribution in [2.45, 2.75) is 25.8 Å². The number of amides is 2. The number of carboxylic acid groups (broad SMARTS) is 1. The molecular weight excluding hydrogens is 270 g/mol. The molecule has 0 fully saturated rings. The lowest BCUT2D eigenvalue weighted by atomic mass is 10.2. The first kappa shape index (κ1) is 15.2. The number of benzene rings is 1. The number of hydrogen-bond acceptors (Lipinski definition) is 3. The number of para-hydroxylation sites is 1. The van der Waals surface area contributed by atoms with E-state index in [0.717, 1.165) is 13.0 Å². The van der Waals surface area contributed by atoms with Gasteiger partial charge in [0, 0.05) is 31.4 Å². The van der Waals surface area contributed by atoms with Crippen LogP contribution in [0.25, 0.3) is 0 Å². The molecule has 0 aromatic heterocycles. The second-order valence-electron chi connectivity index (χ2n) is 5.20. The number of hydrogen-bond donors (Lipinski definition) is 3. The third-order valence-corrected chi connectivity index (χ3v) is 3.64. The van der Waals surface area contributed by atoms with Crippen LogP contribution in [0.15, 0.2) is 24.3 Å². The van der Waals surface area contributed by atoms with Gasteiger partial charge in [0.15, 0.2) is 0 Å². The van der Waals surface area contributed by atoms with E-state index < -0.39 is 5.97 Å². The summed E-state index contributed by atoms with van der Waals surface area (Å²) in [5, 5.41) is 13.8. The fourth-order valence-corrected chi connectivity index (χ4v) is 2.52. The average Bonchev–Trinajstić information content (AvgIpc) is 2.88. The van der Waals surface area contributed by atoms with Gasteiger partial charge in [-0.1, -0.05) is 18.2 Å². The van der Waals surface area contributed by atoms with E-state index in [-0.39, 0.29) is 25.0 Å². The normalized spacial score (nSPS) is 14.4. The minimum atomic E-state index is -0.919. The standard InChI is InChI=1S/C15H21N3O3/c1-11(10-17-15(21)16-8-6-14(19)20)18-9-7-12-4-2-3-5-13(12)18/h2-5,11H,6-10H2,1H3,(H,19,20)(H2,16,17,21). The Hall–Kier alpha value is -2.24. The van der Waals surface area contributed by atoms with E-state index in [1.54, 1.807) is 0 Å². The molecule has 3 N–H and O–H groups in total. The molecule has 2 amide bonds. The van der Waals surface area contributed by atoms with Gasteiger partial charge in [0.05, 0.1) is 6.42 Å². The Labute approximate surface area is 124 Å². The van der Waals surface area contributed by atoms with Crippen molar-refractivity contribution in [1.29, 1.82) is 0 Å². The minimum absolute atomic E-state index is 0.0670. The number of aliphatic carboxylic acids is 1. The number of carbonyl (C=O) groups excluding carboxylic acids is 1. The van der Waals surface area contributed by atoms with Crippen LogP contribution in [0.3, 0.4) is 0 Å². The molecule has 6 heteroatoms. The Morgan fingerprint density at radius 1 is 1.33 bits per heavy atom. The number of nitrogens with one attached hydrogen (secondary N) is 2. The molecule has 1 aromatic rings. The summed E-state index contributed by atoms with van der Waals surface area (Å²) >= 11 is 0. The molecule has 6 nitrogen and oxygen atoms in total. The van der Waals surface area contributed by atoms with E-state index in [1.165, 1.54) is 11.3 Å². The topological polar surface area (TPSA) is 81.7 Å². The number of rotatable bonds is 6. The molecule has 0 aliphatic carbocycles. The molecule has 1 heterocycles. The van der Waals surface area contributed by atoms with Crippen molar-refractivity contribution < 1.29 is 14.7 Å². The molecule has 21 heavy (non-hydrogen) atoms. The lowest BCUT2D eigenvalue weighted by molar-refractivity contribution is -0.136. The summed E-state index contributed by atoms with van der Waals surface area (Å²) in [4.78, 5) is 24.2. The van der Waals surface area contributed by atoms with E-state index in [0.29, 0.717) is 6.54 Å². The van der Waals surface area contributed by atoms with Gasteiger partial charge >= 0.3 is 12.0 Å². The van der Waals surface area contributed by atoms with Crippen molar-refractivity contribution in [1.82, 2.24) is 10.6 Å². The smallest absolute Gasteiger partial charge is 0.314 e. The van der Waals surface area contributed by atoms with Crippen LogP contribution in [0.5, 0.6) is 0 Å². The lowest BCUT2D eigenvalue weighted by Gasteiger charge is -2.27. The summed E-state index contributed by atoms with van der Waals surface area (Å²) < 4.78 is 0. The second-order valence-corrected chi connectivity index (χ2v) is 5.20. The molecule has 0 bridgehead atoms. The maximum Gasteiger partial charge on any atom is 0.314 e. The monoisotopic (exact) mass is 291 g/mol. The van der Waals surface area contributed by atoms with Gasteiger partial charge in [0.2, 0.25) is 0 Å². The first-order valence-electron chi connectivity index (χ1n) is 7.16. The van der Waals surface area contributed by atoms with Crippen LogP contribution in [0.2, 0.25) is 0 Å². The van der Waals surface area contributed by atoms with E-state index >= 15 is 0 Å². The van der Waals surface area contributed by atoms with Crippen LogP contribution in [-0.2, 0) is 11.2 Å². The number of anilines is 1. The number of urea groups is 1. The van der Waals surface area contributed by atoms with Gasteiger partial charge in [-0.25, -0.2) is 4.79 Å². The Balaban J connectivity index is 1.76. The summed E-state index contributed by atoms with van der Waals surface area (Å²) in [6, 6.07) is 8.17. The van der Waals surface area contributed by atoms with Crippen LogP contribution in [0, 0.1) is 0 Å². The highest BCUT2D eigenvalue weighted by Crippen LogP contribution is 2.28. The zero-order valence-corrected chi connectivity index (χ0v) is 12.1. The van der Waals surface area contributed by atoms with Gasteiger partial charge in [-0.2, -0.15) is 0 Å². The first-order valence-corrected chi connectivity index (χ1v) is 7.16. The molecule has 0 saturated heterocycles. The molecule has 1 aliphatic rings. The fraction of sp³-hybridized carbons (Fsp3) is 0.467. The maximum absolute atomic E-state index is 11.6. The molecule has 1 atom stereocenters. The first-order chi connectivity index (χ1) is 10.1. The Morgan fingerprint density at radius 3 is 2.86 bits per heavy atom. The van der Waals surface area contributed by atoms with Crippen molar-refractivity contribution in [2.75, 3.05) is 24.5 Å². The van der Waals surface area contributed by atoms with Crippen molar-refractivity contribution in [3.8, 4) is 0 Å². The van der Waals surface area contributed by atoms with Crippen molar-refractivity contribution in [2.24, 2.45) is 0 Å². The van der Waals surface area contributed by atoms with Crippen LogP contribution in [-0.4, -0.2) is 42.8 Å². The highest BCUT2D eigenvalue weighted by molar-refractivity contribution is 5.75. The highest BCUT2D eigenvalue weighted by Gasteiger charge is 2.22. The molecule has 114 valence electrons. The van der Waals surface area contributed by atoms with E-state index in [9.17, 15) is 9.59 Å². The molecule has 1 aliphatic heterocycles. The SMILES string of the molecule is CC(CNC(=O)NCCC(=O)O)N1CCc2ccccc21. The number of carbonyl (C=O) groups is 2. The second kappa shape index (κ2) is 6.97. The van der Waals surface area contributed by atoms with Crippen LogP contribution >= 0.6 is 0 Å². The largest absolute Gasteiger partial charge is 0.481 e. The van der Waals surface area contributed by atoms with Gasteiger partial charge in [-0.05, 0) is 25.0 Å². The third kappa shape index (κ3) is 4.11. The zero-order chi connectivity index (χ0) is 15.2. The van der Waals surface area contributed by atoms with Crippen LogP contribution in [0.1, 0.15) is 18.9 Å². The summed E-state index contributed by atoms with van der Waals surface area (Å²) in [5.41, 5.74) is 2.58. The zero-order valence-electron chi connectivity index (χ0n) is 12.1. The van der Waals surface area contributed by atoms with E-state index in [1.807, 2.05) is 12.1 Å². The number of fused-ring (bicyclic) bond motifs is 1. The molecular formula is C15H21N3O3. The molecule has 1 aromatic carbocycles. The van der Waals surface area contributed by atoms with Gasteiger partial charge in [-0.15, -0.1) is 0 Å². The van der Waals surface area contributed by atoms with E-state index in [2.05, 4.69) is 34.6 Å². The average molecular weight is 291 g/mol. The number of nitrogens with zero attached hydrogens (tertiary/aromatic N) is 1. The van der Waals surface area contributed by atoms with Crippen molar-refractivity contribution in [3.05, 3.63) is 29.8 Å². The summed E-state index contributed by atoms with van der Waals surface area (Å²) in [6.07, 6.45) is 0.966. The third-order valence-electron chi connectivity index (χ3n) is 3.64. The predicted molar refractivity (Wildman–Crippen MR) is 80.6 cm³/mol. The Bertz CT molecular complexity index is 519. The van der Waals surface area contributed by atoms with Gasteiger partial charge in [-0.3, -0.25) is 4.79 Å². The molecule has 0 saturated carbocycles. The van der Waals surface area contributed by atoms with Gasteiger partial charge in [0.1, 0.15) is 0 Å². The van der Waals surface area contributed by atoms with Crippen LogP contribution in [0.4, 0.5) is 10.5 Å². The highest BCUT2D eigenvalue weighted by atomic mass is 16.4. The number of carboxylic acids is 1. The maximum atomic E-state index is 11.6. The molecule has 0 spiro atoms. The summed E-state index contributed by atoms with van der Waals surface area (Å²) in [6.45, 7) is 3.69. The minimum Gasteiger partial charge on any atom is -0.481 e. The summed E-state index contributed by atoms with van der Waals surface area (Å²) in [5.74, 6) is -0.919.